The van der Waals surface area contributed by atoms with Gasteiger partial charge in [0.05, 0.1) is 11.7 Å². The number of benzene rings is 1. The summed E-state index contributed by atoms with van der Waals surface area (Å²) >= 11 is 0. The minimum atomic E-state index is 0.904. The van der Waals surface area contributed by atoms with E-state index in [1.165, 1.54) is 5.39 Å². The third-order valence-corrected chi connectivity index (χ3v) is 2.45. The number of aromatic nitrogens is 3. The summed E-state index contributed by atoms with van der Waals surface area (Å²) in [5, 5.41) is 1.18. The molecule has 0 unspecified atom stereocenters. The van der Waals surface area contributed by atoms with Crippen LogP contribution in [0.3, 0.4) is 0 Å². The third-order valence-electron chi connectivity index (χ3n) is 2.45. The van der Waals surface area contributed by atoms with Gasteiger partial charge in [0.25, 0.3) is 0 Å². The predicted molar refractivity (Wildman–Crippen MR) is 55.2 cm³/mol. The van der Waals surface area contributed by atoms with Gasteiger partial charge in [0.1, 0.15) is 6.33 Å². The SMILES string of the molecule is Cc1nc2cncn2c2ccccc12. The van der Waals surface area contributed by atoms with Crippen molar-refractivity contribution >= 4 is 16.6 Å². The van der Waals surface area contributed by atoms with Gasteiger partial charge in [-0.15, -0.1) is 0 Å². The number of rotatable bonds is 0. The van der Waals surface area contributed by atoms with Gasteiger partial charge >= 0.3 is 0 Å². The van der Waals surface area contributed by atoms with Crippen molar-refractivity contribution < 1.29 is 0 Å². The first-order valence-corrected chi connectivity index (χ1v) is 4.54. The summed E-state index contributed by atoms with van der Waals surface area (Å²) < 4.78 is 2.00. The highest BCUT2D eigenvalue weighted by Crippen LogP contribution is 2.17. The van der Waals surface area contributed by atoms with Crippen molar-refractivity contribution in [2.45, 2.75) is 6.92 Å². The van der Waals surface area contributed by atoms with E-state index < -0.39 is 0 Å². The molecular weight excluding hydrogens is 174 g/mol. The zero-order valence-corrected chi connectivity index (χ0v) is 7.81. The Labute approximate surface area is 81.0 Å². The molecule has 0 amide bonds. The van der Waals surface area contributed by atoms with E-state index in [1.807, 2.05) is 23.5 Å². The Balaban J connectivity index is 2.67. The highest BCUT2D eigenvalue weighted by molar-refractivity contribution is 5.83. The Morgan fingerprint density at radius 1 is 1.21 bits per heavy atom. The number of aryl methyl sites for hydroxylation is 1. The van der Waals surface area contributed by atoms with Crippen LogP contribution in [0.5, 0.6) is 0 Å². The fourth-order valence-corrected chi connectivity index (χ4v) is 1.78. The Hall–Kier alpha value is -1.90. The van der Waals surface area contributed by atoms with E-state index in [1.54, 1.807) is 12.5 Å². The van der Waals surface area contributed by atoms with E-state index in [0.29, 0.717) is 0 Å². The molecule has 0 radical (unpaired) electrons. The first-order chi connectivity index (χ1) is 6.86. The summed E-state index contributed by atoms with van der Waals surface area (Å²) in [5.41, 5.74) is 3.11. The molecule has 3 aromatic rings. The third kappa shape index (κ3) is 0.865. The second-order valence-electron chi connectivity index (χ2n) is 3.34. The van der Waals surface area contributed by atoms with Crippen LogP contribution in [0.4, 0.5) is 0 Å². The summed E-state index contributed by atoms with van der Waals surface area (Å²) in [4.78, 5) is 8.56. The van der Waals surface area contributed by atoms with E-state index >= 15 is 0 Å². The Morgan fingerprint density at radius 3 is 3.00 bits per heavy atom. The first-order valence-electron chi connectivity index (χ1n) is 4.54. The molecule has 0 aliphatic rings. The quantitative estimate of drug-likeness (QED) is 0.534. The van der Waals surface area contributed by atoms with E-state index in [4.69, 9.17) is 0 Å². The largest absolute Gasteiger partial charge is 0.283 e. The molecule has 2 aromatic heterocycles. The fraction of sp³-hybridized carbons (Fsp3) is 0.0909. The Kier molecular flexibility index (Phi) is 1.36. The number of imidazole rings is 1. The maximum Gasteiger partial charge on any atom is 0.157 e. The predicted octanol–water partition coefficient (Wildman–Crippen LogP) is 2.19. The molecule has 0 saturated heterocycles. The smallest absolute Gasteiger partial charge is 0.157 e. The van der Waals surface area contributed by atoms with E-state index in [9.17, 15) is 0 Å². The Bertz CT molecular complexity index is 610. The molecule has 0 atom stereocenters. The van der Waals surface area contributed by atoms with Crippen molar-refractivity contribution in [2.75, 3.05) is 0 Å². The molecule has 2 heterocycles. The van der Waals surface area contributed by atoms with Crippen molar-refractivity contribution in [2.24, 2.45) is 0 Å². The molecule has 14 heavy (non-hydrogen) atoms. The molecule has 1 aromatic carbocycles. The average molecular weight is 183 g/mol. The lowest BCUT2D eigenvalue weighted by atomic mass is 10.2. The maximum atomic E-state index is 4.46. The molecule has 0 fully saturated rings. The monoisotopic (exact) mass is 183 g/mol. The van der Waals surface area contributed by atoms with Gasteiger partial charge in [-0.25, -0.2) is 9.97 Å². The highest BCUT2D eigenvalue weighted by Gasteiger charge is 2.03. The summed E-state index contributed by atoms with van der Waals surface area (Å²) in [6, 6.07) is 8.22. The average Bonchev–Trinajstić information content (AvgIpc) is 2.66. The molecule has 0 spiro atoms. The van der Waals surface area contributed by atoms with Crippen LogP contribution in [0.2, 0.25) is 0 Å². The lowest BCUT2D eigenvalue weighted by Gasteiger charge is -2.03. The minimum Gasteiger partial charge on any atom is -0.283 e. The van der Waals surface area contributed by atoms with E-state index in [2.05, 4.69) is 22.1 Å². The second-order valence-corrected chi connectivity index (χ2v) is 3.34. The lowest BCUT2D eigenvalue weighted by molar-refractivity contribution is 1.14. The molecule has 0 saturated carbocycles. The van der Waals surface area contributed by atoms with Gasteiger partial charge in [-0.3, -0.25) is 4.40 Å². The molecule has 0 aliphatic carbocycles. The molecule has 3 rings (SSSR count). The molecule has 0 N–H and O–H groups in total. The van der Waals surface area contributed by atoms with E-state index in [0.717, 1.165) is 16.9 Å². The van der Waals surface area contributed by atoms with Crippen LogP contribution >= 0.6 is 0 Å². The number of fused-ring (bicyclic) bond motifs is 3. The van der Waals surface area contributed by atoms with Crippen LogP contribution in [0, 0.1) is 6.92 Å². The van der Waals surface area contributed by atoms with Gasteiger partial charge in [-0.1, -0.05) is 18.2 Å². The highest BCUT2D eigenvalue weighted by atomic mass is 15.0. The van der Waals surface area contributed by atoms with Crippen LogP contribution in [0.1, 0.15) is 5.69 Å². The van der Waals surface area contributed by atoms with Gasteiger partial charge in [0, 0.05) is 11.1 Å². The van der Waals surface area contributed by atoms with Crippen molar-refractivity contribution in [3.05, 3.63) is 42.5 Å². The topological polar surface area (TPSA) is 30.2 Å². The first kappa shape index (κ1) is 7.50. The molecule has 0 bridgehead atoms. The Morgan fingerprint density at radius 2 is 2.07 bits per heavy atom. The standard InChI is InChI=1S/C11H9N3/c1-8-9-4-2-3-5-10(9)14-7-12-6-11(14)13-8/h2-7H,1H3. The van der Waals surface area contributed by atoms with E-state index in [-0.39, 0.29) is 0 Å². The maximum absolute atomic E-state index is 4.46. The van der Waals surface area contributed by atoms with Crippen LogP contribution < -0.4 is 0 Å². The summed E-state index contributed by atoms with van der Waals surface area (Å²) in [6.07, 6.45) is 3.57. The lowest BCUT2D eigenvalue weighted by Crippen LogP contribution is -1.92. The summed E-state index contributed by atoms with van der Waals surface area (Å²) in [5.74, 6) is 0. The summed E-state index contributed by atoms with van der Waals surface area (Å²) in [6.45, 7) is 2.02. The van der Waals surface area contributed by atoms with Gasteiger partial charge < -0.3 is 0 Å². The molecular formula is C11H9N3. The number of nitrogens with zero attached hydrogens (tertiary/aromatic N) is 3. The fourth-order valence-electron chi connectivity index (χ4n) is 1.78. The summed E-state index contributed by atoms with van der Waals surface area (Å²) in [7, 11) is 0. The normalized spacial score (nSPS) is 11.2. The van der Waals surface area contributed by atoms with Crippen molar-refractivity contribution in [3.63, 3.8) is 0 Å². The van der Waals surface area contributed by atoms with Gasteiger partial charge in [0.15, 0.2) is 5.65 Å². The van der Waals surface area contributed by atoms with Crippen LogP contribution in [-0.4, -0.2) is 14.4 Å². The van der Waals surface area contributed by atoms with Crippen molar-refractivity contribution in [3.8, 4) is 0 Å². The molecule has 68 valence electrons. The van der Waals surface area contributed by atoms with Crippen LogP contribution in [-0.2, 0) is 0 Å². The second kappa shape index (κ2) is 2.54. The van der Waals surface area contributed by atoms with Crippen molar-refractivity contribution in [1.29, 1.82) is 0 Å². The number of hydrogen-bond donors (Lipinski definition) is 0. The minimum absolute atomic E-state index is 0.904. The number of para-hydroxylation sites is 1. The van der Waals surface area contributed by atoms with Crippen molar-refractivity contribution in [1.82, 2.24) is 14.4 Å². The molecule has 3 heteroatoms. The molecule has 0 aliphatic heterocycles. The zero-order valence-electron chi connectivity index (χ0n) is 7.81. The molecule has 3 nitrogen and oxygen atoms in total. The zero-order chi connectivity index (χ0) is 9.54. The van der Waals surface area contributed by atoms with Gasteiger partial charge in [-0.05, 0) is 13.0 Å². The van der Waals surface area contributed by atoms with Crippen LogP contribution in [0.15, 0.2) is 36.8 Å². The van der Waals surface area contributed by atoms with Crippen LogP contribution in [0.25, 0.3) is 16.6 Å². The van der Waals surface area contributed by atoms with Gasteiger partial charge in [0.2, 0.25) is 0 Å². The number of hydrogen-bond acceptors (Lipinski definition) is 2. The van der Waals surface area contributed by atoms with Gasteiger partial charge in [-0.2, -0.15) is 0 Å².